The molecule has 6 nitrogen and oxygen atoms in total. The first-order valence-electron chi connectivity index (χ1n) is 10.9. The maximum atomic E-state index is 13.4. The quantitative estimate of drug-likeness (QED) is 0.671. The number of carbonyl (C=O) groups excluding carboxylic acids is 2. The van der Waals surface area contributed by atoms with E-state index in [0.29, 0.717) is 13.1 Å². The average Bonchev–Trinajstić information content (AvgIpc) is 2.77. The third-order valence-electron chi connectivity index (χ3n) is 5.59. The van der Waals surface area contributed by atoms with Crippen LogP contribution in [-0.2, 0) is 16.1 Å². The number of ether oxygens (including phenoxy) is 2. The Morgan fingerprint density at radius 1 is 1.19 bits per heavy atom. The van der Waals surface area contributed by atoms with Crippen molar-refractivity contribution < 1.29 is 23.5 Å². The lowest BCUT2D eigenvalue weighted by Gasteiger charge is -2.35. The summed E-state index contributed by atoms with van der Waals surface area (Å²) in [4.78, 5) is 26.5. The van der Waals surface area contributed by atoms with Crippen LogP contribution >= 0.6 is 0 Å². The molecule has 1 heterocycles. The van der Waals surface area contributed by atoms with Gasteiger partial charge in [-0.15, -0.1) is 0 Å². The molecule has 1 aliphatic rings. The number of piperidine rings is 1. The SMILES string of the molecule is Cc1cc(F)ccc1C1CCCN(C(=O)OC(C)(C)CNC(=O)OCc2ccccc2)C1. The van der Waals surface area contributed by atoms with Gasteiger partial charge in [0.05, 0.1) is 6.54 Å². The van der Waals surface area contributed by atoms with Gasteiger partial charge in [-0.2, -0.15) is 0 Å². The largest absolute Gasteiger partial charge is 0.445 e. The topological polar surface area (TPSA) is 67.9 Å². The molecule has 2 amide bonds. The summed E-state index contributed by atoms with van der Waals surface area (Å²) in [5.41, 5.74) is 1.95. The van der Waals surface area contributed by atoms with Gasteiger partial charge in [0.15, 0.2) is 0 Å². The summed E-state index contributed by atoms with van der Waals surface area (Å²) in [7, 11) is 0. The van der Waals surface area contributed by atoms with Crippen molar-refractivity contribution in [3.8, 4) is 0 Å². The van der Waals surface area contributed by atoms with E-state index in [1.165, 1.54) is 12.1 Å². The molecule has 32 heavy (non-hydrogen) atoms. The van der Waals surface area contributed by atoms with Crippen molar-refractivity contribution in [2.24, 2.45) is 0 Å². The van der Waals surface area contributed by atoms with Crippen LogP contribution in [0.5, 0.6) is 0 Å². The number of halogens is 1. The molecule has 1 unspecified atom stereocenters. The number of benzene rings is 2. The lowest BCUT2D eigenvalue weighted by Crippen LogP contribution is -2.47. The molecule has 1 N–H and O–H groups in total. The predicted molar refractivity (Wildman–Crippen MR) is 120 cm³/mol. The number of rotatable bonds is 6. The minimum absolute atomic E-state index is 0.126. The van der Waals surface area contributed by atoms with Gasteiger partial charge < -0.3 is 19.7 Å². The van der Waals surface area contributed by atoms with Gasteiger partial charge >= 0.3 is 12.2 Å². The fourth-order valence-electron chi connectivity index (χ4n) is 3.89. The Balaban J connectivity index is 1.48. The monoisotopic (exact) mass is 442 g/mol. The highest BCUT2D eigenvalue weighted by molar-refractivity contribution is 5.69. The van der Waals surface area contributed by atoms with Crippen LogP contribution in [0, 0.1) is 12.7 Å². The Morgan fingerprint density at radius 2 is 1.94 bits per heavy atom. The number of alkyl carbamates (subject to hydrolysis) is 1. The lowest BCUT2D eigenvalue weighted by atomic mass is 9.88. The van der Waals surface area contributed by atoms with Gasteiger partial charge in [0.1, 0.15) is 18.0 Å². The zero-order valence-corrected chi connectivity index (χ0v) is 18.9. The molecule has 0 spiro atoms. The number of likely N-dealkylation sites (tertiary alicyclic amines) is 1. The zero-order chi connectivity index (χ0) is 23.1. The van der Waals surface area contributed by atoms with E-state index < -0.39 is 17.8 Å². The van der Waals surface area contributed by atoms with E-state index in [0.717, 1.165) is 29.5 Å². The van der Waals surface area contributed by atoms with Crippen LogP contribution in [0.2, 0.25) is 0 Å². The van der Waals surface area contributed by atoms with Crippen molar-refractivity contribution in [3.63, 3.8) is 0 Å². The zero-order valence-electron chi connectivity index (χ0n) is 18.9. The molecular formula is C25H31FN2O4. The Morgan fingerprint density at radius 3 is 2.66 bits per heavy atom. The van der Waals surface area contributed by atoms with Crippen molar-refractivity contribution in [1.29, 1.82) is 0 Å². The first-order valence-corrected chi connectivity index (χ1v) is 10.9. The summed E-state index contributed by atoms with van der Waals surface area (Å²) < 4.78 is 24.3. The van der Waals surface area contributed by atoms with Crippen molar-refractivity contribution >= 4 is 12.2 Å². The molecule has 0 saturated carbocycles. The van der Waals surface area contributed by atoms with Crippen LogP contribution in [0.1, 0.15) is 49.3 Å². The summed E-state index contributed by atoms with van der Waals surface area (Å²) in [6, 6.07) is 14.2. The second-order valence-electron chi connectivity index (χ2n) is 8.83. The third-order valence-corrected chi connectivity index (χ3v) is 5.59. The summed E-state index contributed by atoms with van der Waals surface area (Å²) in [6.45, 7) is 6.81. The second kappa shape index (κ2) is 10.5. The molecule has 2 aromatic carbocycles. The Labute approximate surface area is 188 Å². The summed E-state index contributed by atoms with van der Waals surface area (Å²) in [6.07, 6.45) is 0.803. The molecule has 3 rings (SSSR count). The lowest BCUT2D eigenvalue weighted by molar-refractivity contribution is 0.00876. The normalized spacial score (nSPS) is 16.4. The molecule has 0 bridgehead atoms. The minimum Gasteiger partial charge on any atom is -0.445 e. The van der Waals surface area contributed by atoms with E-state index in [1.807, 2.05) is 37.3 Å². The second-order valence-corrected chi connectivity index (χ2v) is 8.83. The molecule has 1 saturated heterocycles. The van der Waals surface area contributed by atoms with Crippen LogP contribution in [-0.4, -0.2) is 42.3 Å². The molecule has 2 aromatic rings. The van der Waals surface area contributed by atoms with Gasteiger partial charge in [-0.1, -0.05) is 36.4 Å². The van der Waals surface area contributed by atoms with E-state index in [2.05, 4.69) is 5.32 Å². The van der Waals surface area contributed by atoms with Gasteiger partial charge in [0, 0.05) is 19.0 Å². The number of nitrogens with zero attached hydrogens (tertiary/aromatic N) is 1. The number of aryl methyl sites for hydroxylation is 1. The minimum atomic E-state index is -0.901. The van der Waals surface area contributed by atoms with E-state index in [1.54, 1.807) is 24.8 Å². The Bertz CT molecular complexity index is 933. The van der Waals surface area contributed by atoms with Gasteiger partial charge in [0.2, 0.25) is 0 Å². The van der Waals surface area contributed by atoms with Gasteiger partial charge in [-0.3, -0.25) is 0 Å². The standard InChI is InChI=1S/C25H31FN2O4/c1-18-14-21(26)11-12-22(18)20-10-7-13-28(15-20)24(30)32-25(2,3)17-27-23(29)31-16-19-8-5-4-6-9-19/h4-6,8-9,11-12,14,20H,7,10,13,15-17H2,1-3H3,(H,27,29). The number of amides is 2. The van der Waals surface area contributed by atoms with Crippen molar-refractivity contribution in [2.75, 3.05) is 19.6 Å². The fourth-order valence-corrected chi connectivity index (χ4v) is 3.89. The molecule has 1 aliphatic heterocycles. The van der Waals surface area contributed by atoms with Crippen molar-refractivity contribution in [3.05, 3.63) is 71.0 Å². The van der Waals surface area contributed by atoms with Crippen molar-refractivity contribution in [1.82, 2.24) is 10.2 Å². The summed E-state index contributed by atoms with van der Waals surface area (Å²) >= 11 is 0. The molecule has 0 aliphatic carbocycles. The summed E-state index contributed by atoms with van der Waals surface area (Å²) in [5, 5.41) is 2.66. The first kappa shape index (κ1) is 23.6. The van der Waals surface area contributed by atoms with Crippen LogP contribution in [0.3, 0.4) is 0 Å². The fraction of sp³-hybridized carbons (Fsp3) is 0.440. The van der Waals surface area contributed by atoms with Crippen LogP contribution in [0.15, 0.2) is 48.5 Å². The molecule has 1 fully saturated rings. The summed E-state index contributed by atoms with van der Waals surface area (Å²) in [5.74, 6) is -0.110. The molecule has 7 heteroatoms. The Hall–Kier alpha value is -3.09. The first-order chi connectivity index (χ1) is 15.2. The smallest absolute Gasteiger partial charge is 0.410 e. The van der Waals surface area contributed by atoms with Crippen molar-refractivity contribution in [2.45, 2.75) is 51.7 Å². The number of hydrogen-bond donors (Lipinski definition) is 1. The number of carbonyl (C=O) groups is 2. The number of hydrogen-bond acceptors (Lipinski definition) is 4. The maximum Gasteiger partial charge on any atom is 0.410 e. The molecule has 0 aromatic heterocycles. The molecule has 0 radical (unpaired) electrons. The van der Waals surface area contributed by atoms with E-state index >= 15 is 0 Å². The third kappa shape index (κ3) is 6.70. The van der Waals surface area contributed by atoms with Crippen LogP contribution in [0.4, 0.5) is 14.0 Å². The van der Waals surface area contributed by atoms with Gasteiger partial charge in [-0.25, -0.2) is 14.0 Å². The molecular weight excluding hydrogens is 411 g/mol. The highest BCUT2D eigenvalue weighted by Gasteiger charge is 2.31. The molecule has 1 atom stereocenters. The van der Waals surface area contributed by atoms with E-state index in [-0.39, 0.29) is 24.9 Å². The highest BCUT2D eigenvalue weighted by atomic mass is 19.1. The predicted octanol–water partition coefficient (Wildman–Crippen LogP) is 5.16. The van der Waals surface area contributed by atoms with E-state index in [9.17, 15) is 14.0 Å². The van der Waals surface area contributed by atoms with Gasteiger partial charge in [0.25, 0.3) is 0 Å². The molecule has 172 valence electrons. The Kier molecular flexibility index (Phi) is 7.72. The average molecular weight is 443 g/mol. The van der Waals surface area contributed by atoms with Gasteiger partial charge in [-0.05, 0) is 62.4 Å². The van der Waals surface area contributed by atoms with Crippen LogP contribution < -0.4 is 5.32 Å². The highest BCUT2D eigenvalue weighted by Crippen LogP contribution is 2.30. The number of nitrogens with one attached hydrogen (secondary N) is 1. The maximum absolute atomic E-state index is 13.4. The van der Waals surface area contributed by atoms with E-state index in [4.69, 9.17) is 9.47 Å². The van der Waals surface area contributed by atoms with Crippen LogP contribution in [0.25, 0.3) is 0 Å².